The number of furan rings is 1. The molecular weight excluding hydrogens is 362 g/mol. The van der Waals surface area contributed by atoms with E-state index in [2.05, 4.69) is 5.32 Å². The minimum absolute atomic E-state index is 0.281. The number of fused-ring (bicyclic) bond motifs is 1. The molecule has 1 heterocycles. The molecule has 0 bridgehead atoms. The Balaban J connectivity index is 1.63. The topological polar surface area (TPSA) is 51.5 Å². The van der Waals surface area contributed by atoms with Crippen LogP contribution in [-0.4, -0.2) is 5.91 Å². The SMILES string of the molecule is Cc1c(C(=O)Nc2ccccc2Oc2ccccc2Cl)oc2ccccc12. The number of nitrogens with one attached hydrogen (secondary N) is 1. The Morgan fingerprint density at radius 2 is 1.59 bits per heavy atom. The van der Waals surface area contributed by atoms with Crippen molar-refractivity contribution < 1.29 is 13.9 Å². The second-order valence-electron chi connectivity index (χ2n) is 6.04. The van der Waals surface area contributed by atoms with Crippen molar-refractivity contribution in [2.24, 2.45) is 0 Å². The number of amides is 1. The van der Waals surface area contributed by atoms with Crippen LogP contribution in [0.2, 0.25) is 5.02 Å². The Hall–Kier alpha value is -3.24. The maximum atomic E-state index is 12.8. The first-order valence-electron chi connectivity index (χ1n) is 8.44. The number of hydrogen-bond acceptors (Lipinski definition) is 3. The summed E-state index contributed by atoms with van der Waals surface area (Å²) in [7, 11) is 0. The fraction of sp³-hybridized carbons (Fsp3) is 0.0455. The molecular formula is C22H16ClNO3. The number of rotatable bonds is 4. The monoisotopic (exact) mass is 377 g/mol. The summed E-state index contributed by atoms with van der Waals surface area (Å²) in [4.78, 5) is 12.8. The van der Waals surface area contributed by atoms with Gasteiger partial charge < -0.3 is 14.5 Å². The summed E-state index contributed by atoms with van der Waals surface area (Å²) in [5, 5.41) is 4.28. The maximum absolute atomic E-state index is 12.8. The van der Waals surface area contributed by atoms with Crippen molar-refractivity contribution in [1.29, 1.82) is 0 Å². The van der Waals surface area contributed by atoms with Gasteiger partial charge in [-0.05, 0) is 37.3 Å². The predicted octanol–water partition coefficient (Wildman–Crippen LogP) is 6.44. The van der Waals surface area contributed by atoms with E-state index in [4.69, 9.17) is 20.8 Å². The zero-order valence-corrected chi connectivity index (χ0v) is 15.3. The van der Waals surface area contributed by atoms with Crippen molar-refractivity contribution >= 4 is 34.2 Å². The number of benzene rings is 3. The van der Waals surface area contributed by atoms with Crippen molar-refractivity contribution in [2.45, 2.75) is 6.92 Å². The molecule has 0 radical (unpaired) electrons. The zero-order chi connectivity index (χ0) is 18.8. The highest BCUT2D eigenvalue weighted by atomic mass is 35.5. The van der Waals surface area contributed by atoms with Crippen LogP contribution in [0.15, 0.2) is 77.2 Å². The third kappa shape index (κ3) is 3.39. The molecule has 4 aromatic rings. The average Bonchev–Trinajstić information content (AvgIpc) is 3.02. The molecule has 1 aromatic heterocycles. The first-order valence-corrected chi connectivity index (χ1v) is 8.82. The molecule has 3 aromatic carbocycles. The van der Waals surface area contributed by atoms with Gasteiger partial charge in [0.15, 0.2) is 11.5 Å². The van der Waals surface area contributed by atoms with Gasteiger partial charge in [0.25, 0.3) is 5.91 Å². The van der Waals surface area contributed by atoms with Gasteiger partial charge in [-0.15, -0.1) is 0 Å². The number of hydrogen-bond donors (Lipinski definition) is 1. The fourth-order valence-electron chi connectivity index (χ4n) is 2.87. The minimum Gasteiger partial charge on any atom is -0.454 e. The molecule has 0 saturated carbocycles. The maximum Gasteiger partial charge on any atom is 0.291 e. The second-order valence-corrected chi connectivity index (χ2v) is 6.44. The summed E-state index contributed by atoms with van der Waals surface area (Å²) in [5.41, 5.74) is 2.01. The molecule has 0 fully saturated rings. The summed E-state index contributed by atoms with van der Waals surface area (Å²) in [6.07, 6.45) is 0. The Morgan fingerprint density at radius 3 is 2.37 bits per heavy atom. The van der Waals surface area contributed by atoms with Crippen LogP contribution >= 0.6 is 11.6 Å². The van der Waals surface area contributed by atoms with Gasteiger partial charge in [-0.1, -0.05) is 54.1 Å². The van der Waals surface area contributed by atoms with E-state index >= 15 is 0 Å². The first kappa shape index (κ1) is 17.2. The standard InChI is InChI=1S/C22H16ClNO3/c1-14-15-8-2-5-11-18(15)27-21(14)22(25)24-17-10-4-7-13-20(17)26-19-12-6-3-9-16(19)23/h2-13H,1H3,(H,24,25). The van der Waals surface area contributed by atoms with Gasteiger partial charge in [0.1, 0.15) is 11.3 Å². The van der Waals surface area contributed by atoms with Crippen molar-refractivity contribution in [3.8, 4) is 11.5 Å². The third-order valence-corrected chi connectivity index (χ3v) is 4.55. The molecule has 0 aliphatic rings. The summed E-state index contributed by atoms with van der Waals surface area (Å²) < 4.78 is 11.6. The van der Waals surface area contributed by atoms with Crippen LogP contribution in [-0.2, 0) is 0 Å². The van der Waals surface area contributed by atoms with Crippen molar-refractivity contribution in [2.75, 3.05) is 5.32 Å². The van der Waals surface area contributed by atoms with E-state index in [1.165, 1.54) is 0 Å². The number of carbonyl (C=O) groups is 1. The second kappa shape index (κ2) is 7.17. The number of ether oxygens (including phenoxy) is 1. The highest BCUT2D eigenvalue weighted by molar-refractivity contribution is 6.32. The van der Waals surface area contributed by atoms with E-state index in [-0.39, 0.29) is 11.7 Å². The molecule has 134 valence electrons. The number of aryl methyl sites for hydroxylation is 1. The molecule has 27 heavy (non-hydrogen) atoms. The molecule has 1 N–H and O–H groups in total. The predicted molar refractivity (Wildman–Crippen MR) is 107 cm³/mol. The van der Waals surface area contributed by atoms with Gasteiger partial charge in [-0.3, -0.25) is 4.79 Å². The smallest absolute Gasteiger partial charge is 0.291 e. The van der Waals surface area contributed by atoms with Crippen molar-refractivity contribution in [3.05, 3.63) is 89.1 Å². The number of carbonyl (C=O) groups excluding carboxylic acids is 1. The molecule has 0 unspecified atom stereocenters. The van der Waals surface area contributed by atoms with Gasteiger partial charge in [0.05, 0.1) is 10.7 Å². The Morgan fingerprint density at radius 1 is 0.926 bits per heavy atom. The normalized spacial score (nSPS) is 10.7. The Bertz CT molecular complexity index is 1130. The zero-order valence-electron chi connectivity index (χ0n) is 14.5. The van der Waals surface area contributed by atoms with Crippen LogP contribution in [0.25, 0.3) is 11.0 Å². The van der Waals surface area contributed by atoms with E-state index in [9.17, 15) is 4.79 Å². The quantitative estimate of drug-likeness (QED) is 0.445. The molecule has 4 nitrogen and oxygen atoms in total. The molecule has 0 atom stereocenters. The van der Waals surface area contributed by atoms with Gasteiger partial charge in [-0.2, -0.15) is 0 Å². The number of anilines is 1. The molecule has 1 amide bonds. The first-order chi connectivity index (χ1) is 13.1. The van der Waals surface area contributed by atoms with Crippen LogP contribution in [0.5, 0.6) is 11.5 Å². The van der Waals surface area contributed by atoms with Crippen LogP contribution in [0, 0.1) is 6.92 Å². The van der Waals surface area contributed by atoms with Gasteiger partial charge >= 0.3 is 0 Å². The largest absolute Gasteiger partial charge is 0.454 e. The van der Waals surface area contributed by atoms with Gasteiger partial charge in [0.2, 0.25) is 0 Å². The molecule has 0 spiro atoms. The third-order valence-electron chi connectivity index (χ3n) is 4.24. The van der Waals surface area contributed by atoms with Gasteiger partial charge in [-0.25, -0.2) is 0 Å². The summed E-state index contributed by atoms with van der Waals surface area (Å²) in [6, 6.07) is 21.9. The lowest BCUT2D eigenvalue weighted by Gasteiger charge is -2.12. The van der Waals surface area contributed by atoms with Crippen LogP contribution in [0.4, 0.5) is 5.69 Å². The lowest BCUT2D eigenvalue weighted by atomic mass is 10.1. The minimum atomic E-state index is -0.334. The number of para-hydroxylation sites is 4. The fourth-order valence-corrected chi connectivity index (χ4v) is 3.05. The van der Waals surface area contributed by atoms with Crippen molar-refractivity contribution in [1.82, 2.24) is 0 Å². The van der Waals surface area contributed by atoms with E-state index in [1.807, 2.05) is 55.5 Å². The van der Waals surface area contributed by atoms with Crippen LogP contribution in [0.3, 0.4) is 0 Å². The highest BCUT2D eigenvalue weighted by Crippen LogP contribution is 2.34. The van der Waals surface area contributed by atoms with Crippen molar-refractivity contribution in [3.63, 3.8) is 0 Å². The summed E-state index contributed by atoms with van der Waals surface area (Å²) >= 11 is 6.17. The summed E-state index contributed by atoms with van der Waals surface area (Å²) in [6.45, 7) is 1.87. The van der Waals surface area contributed by atoms with E-state index < -0.39 is 0 Å². The lowest BCUT2D eigenvalue weighted by molar-refractivity contribution is 0.0997. The van der Waals surface area contributed by atoms with Crippen LogP contribution in [0.1, 0.15) is 16.1 Å². The number of halogens is 1. The van der Waals surface area contributed by atoms with Crippen LogP contribution < -0.4 is 10.1 Å². The van der Waals surface area contributed by atoms with E-state index in [0.717, 1.165) is 10.9 Å². The van der Waals surface area contributed by atoms with E-state index in [1.54, 1.807) is 24.3 Å². The molecule has 0 aliphatic carbocycles. The molecule has 5 heteroatoms. The van der Waals surface area contributed by atoms with Gasteiger partial charge in [0, 0.05) is 10.9 Å². The Labute approximate surface area is 161 Å². The summed E-state index contributed by atoms with van der Waals surface area (Å²) in [5.74, 6) is 0.955. The van der Waals surface area contributed by atoms with E-state index in [0.29, 0.717) is 27.8 Å². The molecule has 0 saturated heterocycles. The lowest BCUT2D eigenvalue weighted by Crippen LogP contribution is -2.12. The Kier molecular flexibility index (Phi) is 4.57. The highest BCUT2D eigenvalue weighted by Gasteiger charge is 2.19. The molecule has 0 aliphatic heterocycles. The molecule has 4 rings (SSSR count). The average molecular weight is 378 g/mol.